The van der Waals surface area contributed by atoms with Gasteiger partial charge in [-0.3, -0.25) is 4.98 Å². The van der Waals surface area contributed by atoms with Gasteiger partial charge in [0.05, 0.1) is 5.69 Å². The zero-order chi connectivity index (χ0) is 12.7. The van der Waals surface area contributed by atoms with Crippen LogP contribution >= 0.6 is 11.3 Å². The Labute approximate surface area is 115 Å². The summed E-state index contributed by atoms with van der Waals surface area (Å²) in [5, 5.41) is 2.64. The summed E-state index contributed by atoms with van der Waals surface area (Å²) in [5.74, 6) is 0. The number of hydrogen-bond donors (Lipinski definition) is 0. The molecule has 4 rings (SSSR count). The molecule has 0 N–H and O–H groups in total. The number of fused-ring (bicyclic) bond motifs is 3. The third-order valence-electron chi connectivity index (χ3n) is 3.34. The molecule has 0 bridgehead atoms. The molecular formula is C17H11NS. The van der Waals surface area contributed by atoms with Gasteiger partial charge in [-0.15, -0.1) is 11.3 Å². The summed E-state index contributed by atoms with van der Waals surface area (Å²) in [5.41, 5.74) is 2.26. The molecule has 2 aromatic heterocycles. The molecule has 2 heterocycles. The first-order chi connectivity index (χ1) is 9.43. The van der Waals surface area contributed by atoms with E-state index in [9.17, 15) is 0 Å². The predicted molar refractivity (Wildman–Crippen MR) is 82.6 cm³/mol. The predicted octanol–water partition coefficient (Wildman–Crippen LogP) is 5.12. The topological polar surface area (TPSA) is 12.9 Å². The lowest BCUT2D eigenvalue weighted by Crippen LogP contribution is -1.82. The maximum absolute atomic E-state index is 4.49. The van der Waals surface area contributed by atoms with Gasteiger partial charge in [-0.25, -0.2) is 0 Å². The Morgan fingerprint density at radius 1 is 0.737 bits per heavy atom. The lowest BCUT2D eigenvalue weighted by Gasteiger charge is -2.03. The monoisotopic (exact) mass is 261 g/mol. The van der Waals surface area contributed by atoms with Crippen molar-refractivity contribution in [3.05, 3.63) is 66.9 Å². The number of pyridine rings is 1. The summed E-state index contributed by atoms with van der Waals surface area (Å²) in [4.78, 5) is 4.49. The Bertz CT molecular complexity index is 862. The number of hydrogen-bond acceptors (Lipinski definition) is 2. The zero-order valence-electron chi connectivity index (χ0n) is 10.2. The van der Waals surface area contributed by atoms with Gasteiger partial charge in [0.2, 0.25) is 0 Å². The van der Waals surface area contributed by atoms with Gasteiger partial charge in [-0.1, -0.05) is 36.4 Å². The highest BCUT2D eigenvalue weighted by Gasteiger charge is 2.10. The first-order valence-electron chi connectivity index (χ1n) is 6.25. The maximum atomic E-state index is 4.49. The van der Waals surface area contributed by atoms with E-state index in [0.29, 0.717) is 0 Å². The molecule has 2 heteroatoms. The lowest BCUT2D eigenvalue weighted by atomic mass is 10.0. The molecule has 0 atom stereocenters. The van der Waals surface area contributed by atoms with Crippen molar-refractivity contribution in [3.63, 3.8) is 0 Å². The fraction of sp³-hybridized carbons (Fsp3) is 0. The van der Waals surface area contributed by atoms with Crippen molar-refractivity contribution >= 4 is 31.5 Å². The molecule has 2 aromatic carbocycles. The van der Waals surface area contributed by atoms with E-state index in [1.54, 1.807) is 0 Å². The van der Waals surface area contributed by atoms with E-state index in [0.717, 1.165) is 5.69 Å². The summed E-state index contributed by atoms with van der Waals surface area (Å²) in [6, 6.07) is 21.1. The average molecular weight is 261 g/mol. The van der Waals surface area contributed by atoms with Crippen LogP contribution in [0, 0.1) is 0 Å². The Balaban J connectivity index is 2.17. The van der Waals surface area contributed by atoms with Crippen molar-refractivity contribution in [1.82, 2.24) is 4.98 Å². The Hall–Kier alpha value is -2.19. The van der Waals surface area contributed by atoms with Gasteiger partial charge in [-0.2, -0.15) is 0 Å². The van der Waals surface area contributed by atoms with Crippen molar-refractivity contribution in [2.45, 2.75) is 0 Å². The van der Waals surface area contributed by atoms with Crippen LogP contribution in [-0.2, 0) is 0 Å². The van der Waals surface area contributed by atoms with Crippen LogP contribution in [0.1, 0.15) is 0 Å². The molecule has 0 aliphatic carbocycles. The van der Waals surface area contributed by atoms with Crippen LogP contribution in [0.3, 0.4) is 0 Å². The summed E-state index contributed by atoms with van der Waals surface area (Å²) in [6.45, 7) is 0. The molecule has 0 aliphatic rings. The van der Waals surface area contributed by atoms with Gasteiger partial charge in [0.1, 0.15) is 0 Å². The minimum atomic E-state index is 1.04. The second-order valence-electron chi connectivity index (χ2n) is 4.49. The number of aromatic nitrogens is 1. The Kier molecular flexibility index (Phi) is 2.35. The van der Waals surface area contributed by atoms with E-state index in [1.807, 2.05) is 29.7 Å². The van der Waals surface area contributed by atoms with Gasteiger partial charge in [-0.05, 0) is 24.3 Å². The fourth-order valence-corrected chi connectivity index (χ4v) is 3.64. The largest absolute Gasteiger partial charge is 0.256 e. The molecule has 4 aromatic rings. The molecule has 0 saturated carbocycles. The Morgan fingerprint density at radius 2 is 1.58 bits per heavy atom. The summed E-state index contributed by atoms with van der Waals surface area (Å²) in [6.07, 6.45) is 1.85. The summed E-state index contributed by atoms with van der Waals surface area (Å²) in [7, 11) is 0. The van der Waals surface area contributed by atoms with Crippen LogP contribution in [0.15, 0.2) is 66.9 Å². The highest BCUT2D eigenvalue weighted by Crippen LogP contribution is 2.38. The molecule has 90 valence electrons. The molecule has 0 saturated heterocycles. The number of benzene rings is 2. The Morgan fingerprint density at radius 3 is 2.47 bits per heavy atom. The van der Waals surface area contributed by atoms with Gasteiger partial charge >= 0.3 is 0 Å². The van der Waals surface area contributed by atoms with Crippen LogP contribution in [0.25, 0.3) is 31.4 Å². The van der Waals surface area contributed by atoms with Gasteiger partial charge in [0.25, 0.3) is 0 Å². The van der Waals surface area contributed by atoms with Crippen LogP contribution in [0.2, 0.25) is 0 Å². The van der Waals surface area contributed by atoms with E-state index in [-0.39, 0.29) is 0 Å². The highest BCUT2D eigenvalue weighted by atomic mass is 32.1. The third kappa shape index (κ3) is 1.65. The second kappa shape index (κ2) is 4.18. The molecule has 0 amide bonds. The van der Waals surface area contributed by atoms with E-state index in [4.69, 9.17) is 0 Å². The third-order valence-corrected chi connectivity index (χ3v) is 4.48. The highest BCUT2D eigenvalue weighted by molar-refractivity contribution is 7.25. The summed E-state index contributed by atoms with van der Waals surface area (Å²) < 4.78 is 2.66. The minimum absolute atomic E-state index is 1.04. The maximum Gasteiger partial charge on any atom is 0.0708 e. The standard InChI is InChI=1S/C17H11NS/c1-2-9-15-13(6-1)17-12(7-5-10-16(17)19-15)14-8-3-4-11-18-14/h1-11H. The molecule has 0 spiro atoms. The van der Waals surface area contributed by atoms with E-state index in [1.165, 1.54) is 25.7 Å². The molecule has 0 unspecified atom stereocenters. The molecule has 1 nitrogen and oxygen atoms in total. The van der Waals surface area contributed by atoms with Crippen LogP contribution in [0.4, 0.5) is 0 Å². The average Bonchev–Trinajstić information content (AvgIpc) is 2.86. The fourth-order valence-electron chi connectivity index (χ4n) is 2.51. The van der Waals surface area contributed by atoms with Crippen molar-refractivity contribution in [3.8, 4) is 11.3 Å². The number of rotatable bonds is 1. The van der Waals surface area contributed by atoms with Crippen molar-refractivity contribution < 1.29 is 0 Å². The van der Waals surface area contributed by atoms with Crippen LogP contribution in [0.5, 0.6) is 0 Å². The van der Waals surface area contributed by atoms with E-state index >= 15 is 0 Å². The quantitative estimate of drug-likeness (QED) is 0.463. The van der Waals surface area contributed by atoms with Crippen molar-refractivity contribution in [2.75, 3.05) is 0 Å². The molecule has 19 heavy (non-hydrogen) atoms. The smallest absolute Gasteiger partial charge is 0.0708 e. The first-order valence-corrected chi connectivity index (χ1v) is 7.07. The van der Waals surface area contributed by atoms with Crippen LogP contribution in [-0.4, -0.2) is 4.98 Å². The molecule has 0 radical (unpaired) electrons. The van der Waals surface area contributed by atoms with Gasteiger partial charge in [0, 0.05) is 31.9 Å². The molecule has 0 fully saturated rings. The van der Waals surface area contributed by atoms with Crippen molar-refractivity contribution in [2.24, 2.45) is 0 Å². The number of nitrogens with zero attached hydrogens (tertiary/aromatic N) is 1. The molecular weight excluding hydrogens is 250 g/mol. The normalized spacial score (nSPS) is 11.2. The number of thiophene rings is 1. The van der Waals surface area contributed by atoms with Gasteiger partial charge < -0.3 is 0 Å². The van der Waals surface area contributed by atoms with Crippen LogP contribution < -0.4 is 0 Å². The van der Waals surface area contributed by atoms with E-state index in [2.05, 4.69) is 53.5 Å². The van der Waals surface area contributed by atoms with E-state index < -0.39 is 0 Å². The second-order valence-corrected chi connectivity index (χ2v) is 5.58. The zero-order valence-corrected chi connectivity index (χ0v) is 11.0. The minimum Gasteiger partial charge on any atom is -0.256 e. The van der Waals surface area contributed by atoms with Crippen molar-refractivity contribution in [1.29, 1.82) is 0 Å². The molecule has 0 aliphatic heterocycles. The SMILES string of the molecule is c1ccc(-c2cccc3sc4ccccc4c23)nc1. The lowest BCUT2D eigenvalue weighted by molar-refractivity contribution is 1.33. The van der Waals surface area contributed by atoms with Gasteiger partial charge in [0.15, 0.2) is 0 Å². The first kappa shape index (κ1) is 10.7. The summed E-state index contributed by atoms with van der Waals surface area (Å²) >= 11 is 1.84.